The van der Waals surface area contributed by atoms with Crippen LogP contribution in [-0.2, 0) is 6.54 Å². The van der Waals surface area contributed by atoms with E-state index in [-0.39, 0.29) is 0 Å². The van der Waals surface area contributed by atoms with E-state index in [4.69, 9.17) is 0 Å². The van der Waals surface area contributed by atoms with Crippen LogP contribution in [0, 0.1) is 3.57 Å². The van der Waals surface area contributed by atoms with Crippen molar-refractivity contribution in [3.63, 3.8) is 0 Å². The van der Waals surface area contributed by atoms with Gasteiger partial charge in [-0.2, -0.15) is 0 Å². The van der Waals surface area contributed by atoms with Crippen LogP contribution in [-0.4, -0.2) is 6.54 Å². The maximum Gasteiger partial charge on any atom is 0.0219 e. The first kappa shape index (κ1) is 8.51. The molecule has 0 amide bonds. The van der Waals surface area contributed by atoms with Crippen molar-refractivity contribution in [2.45, 2.75) is 19.4 Å². The lowest BCUT2D eigenvalue weighted by Gasteiger charge is -2.24. The summed E-state index contributed by atoms with van der Waals surface area (Å²) >= 11 is 2.41. The van der Waals surface area contributed by atoms with Crippen molar-refractivity contribution >= 4 is 22.6 Å². The molecule has 1 N–H and O–H groups in total. The molecule has 1 atom stereocenters. The van der Waals surface area contributed by atoms with E-state index in [9.17, 15) is 0 Å². The van der Waals surface area contributed by atoms with Gasteiger partial charge in [0.25, 0.3) is 0 Å². The average Bonchev–Trinajstić information content (AvgIpc) is 2.07. The first-order valence-corrected chi connectivity index (χ1v) is 5.35. The minimum Gasteiger partial charge on any atom is -0.312 e. The highest BCUT2D eigenvalue weighted by Gasteiger charge is 2.16. The molecule has 1 aromatic rings. The molecule has 64 valence electrons. The molecule has 1 aliphatic heterocycles. The quantitative estimate of drug-likeness (QED) is 0.716. The van der Waals surface area contributed by atoms with E-state index in [0.717, 1.165) is 13.1 Å². The van der Waals surface area contributed by atoms with Crippen molar-refractivity contribution in [2.24, 2.45) is 0 Å². The van der Waals surface area contributed by atoms with E-state index in [0.29, 0.717) is 5.92 Å². The van der Waals surface area contributed by atoms with Crippen LogP contribution in [0.2, 0.25) is 0 Å². The minimum atomic E-state index is 0.670. The zero-order valence-corrected chi connectivity index (χ0v) is 9.26. The summed E-state index contributed by atoms with van der Waals surface area (Å²) < 4.78 is 1.39. The van der Waals surface area contributed by atoms with Crippen LogP contribution in [0.1, 0.15) is 24.0 Å². The number of benzene rings is 1. The molecule has 2 heteroatoms. The molecule has 0 fully saturated rings. The third-order valence-corrected chi connectivity index (χ3v) is 3.45. The number of rotatable bonds is 0. The predicted octanol–water partition coefficient (Wildman–Crippen LogP) is 2.50. The standard InChI is InChI=1S/C10H12IN/c1-7-5-12-6-9-8(7)3-2-4-10(9)11/h2-4,7,12H,5-6H2,1H3/t7-/m1/s1. The van der Waals surface area contributed by atoms with Gasteiger partial charge in [-0.25, -0.2) is 0 Å². The first-order chi connectivity index (χ1) is 5.79. The Morgan fingerprint density at radius 2 is 2.33 bits per heavy atom. The highest BCUT2D eigenvalue weighted by atomic mass is 127. The van der Waals surface area contributed by atoms with Crippen LogP contribution in [0.15, 0.2) is 18.2 Å². The molecular weight excluding hydrogens is 261 g/mol. The summed E-state index contributed by atoms with van der Waals surface area (Å²) in [6.07, 6.45) is 0. The molecule has 0 unspecified atom stereocenters. The lowest BCUT2D eigenvalue weighted by molar-refractivity contribution is 0.569. The van der Waals surface area contributed by atoms with Gasteiger partial charge in [-0.05, 0) is 45.7 Å². The Kier molecular flexibility index (Phi) is 2.37. The fourth-order valence-corrected chi connectivity index (χ4v) is 2.46. The summed E-state index contributed by atoms with van der Waals surface area (Å²) in [7, 11) is 0. The van der Waals surface area contributed by atoms with E-state index in [1.54, 1.807) is 0 Å². The third kappa shape index (κ3) is 1.38. The second kappa shape index (κ2) is 3.34. The Hall–Kier alpha value is -0.0900. The lowest BCUT2D eigenvalue weighted by atomic mass is 9.93. The summed E-state index contributed by atoms with van der Waals surface area (Å²) in [5, 5.41) is 3.43. The molecule has 1 aliphatic rings. The smallest absolute Gasteiger partial charge is 0.0219 e. The Morgan fingerprint density at radius 3 is 3.08 bits per heavy atom. The number of halogens is 1. The topological polar surface area (TPSA) is 12.0 Å². The Balaban J connectivity index is 2.52. The summed E-state index contributed by atoms with van der Waals surface area (Å²) in [4.78, 5) is 0. The summed E-state index contributed by atoms with van der Waals surface area (Å²) in [5.74, 6) is 0.670. The molecule has 2 rings (SSSR count). The van der Waals surface area contributed by atoms with Crippen LogP contribution < -0.4 is 5.32 Å². The summed E-state index contributed by atoms with van der Waals surface area (Å²) in [6.45, 7) is 4.44. The molecule has 0 radical (unpaired) electrons. The lowest BCUT2D eigenvalue weighted by Crippen LogP contribution is -2.27. The molecule has 1 aromatic carbocycles. The van der Waals surface area contributed by atoms with Crippen molar-refractivity contribution in [3.8, 4) is 0 Å². The summed E-state index contributed by atoms with van der Waals surface area (Å²) in [5.41, 5.74) is 3.03. The monoisotopic (exact) mass is 273 g/mol. The van der Waals surface area contributed by atoms with E-state index in [2.05, 4.69) is 53.0 Å². The van der Waals surface area contributed by atoms with Gasteiger partial charge < -0.3 is 5.32 Å². The molecule has 0 aromatic heterocycles. The maximum absolute atomic E-state index is 3.43. The van der Waals surface area contributed by atoms with Gasteiger partial charge in [0.1, 0.15) is 0 Å². The highest BCUT2D eigenvalue weighted by Crippen LogP contribution is 2.26. The number of hydrogen-bond donors (Lipinski definition) is 1. The molecule has 1 heterocycles. The Bertz CT molecular complexity index is 296. The van der Waals surface area contributed by atoms with Gasteiger partial charge in [-0.1, -0.05) is 19.1 Å². The largest absolute Gasteiger partial charge is 0.312 e. The molecule has 0 spiro atoms. The predicted molar refractivity (Wildman–Crippen MR) is 59.3 cm³/mol. The van der Waals surface area contributed by atoms with Gasteiger partial charge in [0.15, 0.2) is 0 Å². The molecular formula is C10H12IN. The van der Waals surface area contributed by atoms with E-state index in [1.165, 1.54) is 14.7 Å². The third-order valence-electron chi connectivity index (χ3n) is 2.44. The molecule has 0 bridgehead atoms. The first-order valence-electron chi connectivity index (χ1n) is 4.27. The maximum atomic E-state index is 3.43. The normalized spacial score (nSPS) is 22.0. The van der Waals surface area contributed by atoms with Crippen molar-refractivity contribution in [3.05, 3.63) is 32.9 Å². The fourth-order valence-electron chi connectivity index (χ4n) is 1.75. The zero-order chi connectivity index (χ0) is 8.55. The minimum absolute atomic E-state index is 0.670. The van der Waals surface area contributed by atoms with Gasteiger partial charge in [0, 0.05) is 16.7 Å². The fraction of sp³-hybridized carbons (Fsp3) is 0.400. The number of nitrogens with one attached hydrogen (secondary N) is 1. The SMILES string of the molecule is C[C@@H]1CNCc2c(I)cccc21. The van der Waals surface area contributed by atoms with Crippen molar-refractivity contribution < 1.29 is 0 Å². The molecule has 12 heavy (non-hydrogen) atoms. The molecule has 1 nitrogen and oxygen atoms in total. The van der Waals surface area contributed by atoms with Crippen LogP contribution in [0.5, 0.6) is 0 Å². The van der Waals surface area contributed by atoms with Crippen LogP contribution in [0.4, 0.5) is 0 Å². The van der Waals surface area contributed by atoms with Gasteiger partial charge in [0.2, 0.25) is 0 Å². The van der Waals surface area contributed by atoms with Gasteiger partial charge in [0.05, 0.1) is 0 Å². The second-order valence-corrected chi connectivity index (χ2v) is 4.50. The Morgan fingerprint density at radius 1 is 1.50 bits per heavy atom. The molecule has 0 aliphatic carbocycles. The van der Waals surface area contributed by atoms with Crippen LogP contribution in [0.3, 0.4) is 0 Å². The van der Waals surface area contributed by atoms with Gasteiger partial charge in [-0.3, -0.25) is 0 Å². The van der Waals surface area contributed by atoms with Crippen LogP contribution >= 0.6 is 22.6 Å². The Labute approximate surface area is 86.7 Å². The average molecular weight is 273 g/mol. The van der Waals surface area contributed by atoms with E-state index < -0.39 is 0 Å². The molecule has 0 saturated heterocycles. The highest BCUT2D eigenvalue weighted by molar-refractivity contribution is 14.1. The van der Waals surface area contributed by atoms with Crippen molar-refractivity contribution in [1.82, 2.24) is 5.32 Å². The van der Waals surface area contributed by atoms with Crippen molar-refractivity contribution in [1.29, 1.82) is 0 Å². The van der Waals surface area contributed by atoms with Gasteiger partial charge in [-0.15, -0.1) is 0 Å². The van der Waals surface area contributed by atoms with E-state index >= 15 is 0 Å². The number of fused-ring (bicyclic) bond motifs is 1. The second-order valence-electron chi connectivity index (χ2n) is 3.34. The zero-order valence-electron chi connectivity index (χ0n) is 7.10. The number of hydrogen-bond acceptors (Lipinski definition) is 1. The van der Waals surface area contributed by atoms with Crippen LogP contribution in [0.25, 0.3) is 0 Å². The van der Waals surface area contributed by atoms with Gasteiger partial charge >= 0.3 is 0 Å². The summed E-state index contributed by atoms with van der Waals surface area (Å²) in [6, 6.07) is 6.59. The van der Waals surface area contributed by atoms with Crippen molar-refractivity contribution in [2.75, 3.05) is 6.54 Å². The molecule has 0 saturated carbocycles. The van der Waals surface area contributed by atoms with E-state index in [1.807, 2.05) is 0 Å².